The Labute approximate surface area is 151 Å². The van der Waals surface area contributed by atoms with Crippen molar-refractivity contribution in [3.8, 4) is 0 Å². The summed E-state index contributed by atoms with van der Waals surface area (Å²) in [5.74, 6) is -0.314. The fraction of sp³-hybridized carbons (Fsp3) is 0.368. The van der Waals surface area contributed by atoms with Gasteiger partial charge in [-0.05, 0) is 61.5 Å². The maximum atomic E-state index is 12.5. The highest BCUT2D eigenvalue weighted by molar-refractivity contribution is 7.14. The number of piperidine rings is 1. The molecule has 2 aromatic rings. The van der Waals surface area contributed by atoms with E-state index in [9.17, 15) is 9.59 Å². The predicted octanol–water partition coefficient (Wildman–Crippen LogP) is 3.04. The average molecular weight is 357 g/mol. The van der Waals surface area contributed by atoms with E-state index in [4.69, 9.17) is 0 Å². The number of aryl methyl sites for hydroxylation is 1. The first kappa shape index (κ1) is 17.6. The van der Waals surface area contributed by atoms with E-state index in [2.05, 4.69) is 22.9 Å². The summed E-state index contributed by atoms with van der Waals surface area (Å²) in [5.41, 5.74) is 2.31. The molecule has 6 heteroatoms. The Balaban J connectivity index is 1.65. The van der Waals surface area contributed by atoms with E-state index in [1.165, 1.54) is 16.9 Å². The molecule has 3 rings (SSSR count). The Hall–Kier alpha value is -2.18. The maximum Gasteiger partial charge on any atom is 0.256 e. The Morgan fingerprint density at radius 3 is 2.52 bits per heavy atom. The minimum absolute atomic E-state index is 0.121. The molecule has 5 nitrogen and oxygen atoms in total. The zero-order valence-electron chi connectivity index (χ0n) is 14.3. The number of thiophene rings is 1. The van der Waals surface area contributed by atoms with Crippen LogP contribution in [-0.4, -0.2) is 30.9 Å². The first-order valence-electron chi connectivity index (χ1n) is 8.66. The Bertz CT molecular complexity index is 733. The van der Waals surface area contributed by atoms with Gasteiger partial charge in [0.25, 0.3) is 11.8 Å². The van der Waals surface area contributed by atoms with Gasteiger partial charge in [0, 0.05) is 11.6 Å². The van der Waals surface area contributed by atoms with E-state index in [0.29, 0.717) is 16.1 Å². The zero-order chi connectivity index (χ0) is 17.6. The first-order chi connectivity index (χ1) is 12.2. The van der Waals surface area contributed by atoms with Crippen LogP contribution in [0.2, 0.25) is 0 Å². The number of carbonyl (C=O) groups excluding carboxylic acids is 2. The summed E-state index contributed by atoms with van der Waals surface area (Å²) in [4.78, 5) is 25.0. The van der Waals surface area contributed by atoms with Crippen molar-refractivity contribution >= 4 is 28.2 Å². The molecule has 0 atom stereocenters. The largest absolute Gasteiger partial charge is 0.349 e. The van der Waals surface area contributed by atoms with Crippen LogP contribution in [0.3, 0.4) is 0 Å². The lowest BCUT2D eigenvalue weighted by Gasteiger charge is -2.23. The van der Waals surface area contributed by atoms with E-state index in [1.807, 2.05) is 29.6 Å². The van der Waals surface area contributed by atoms with Crippen molar-refractivity contribution in [1.82, 2.24) is 10.6 Å². The van der Waals surface area contributed by atoms with Crippen LogP contribution >= 0.6 is 11.3 Å². The number of benzene rings is 1. The standard InChI is InChI=1S/C19H23N3O2S/c1-2-13-3-5-14(6-4-13)17(23)22-19-16(9-12-25-19)18(24)21-15-7-10-20-11-8-15/h3-6,9,12,15,20H,2,7-8,10-11H2,1H3,(H,21,24)(H,22,23). The average Bonchev–Trinajstić information content (AvgIpc) is 3.11. The van der Waals surface area contributed by atoms with Crippen LogP contribution < -0.4 is 16.0 Å². The molecule has 0 saturated carbocycles. The molecule has 1 aromatic heterocycles. The highest BCUT2D eigenvalue weighted by Gasteiger charge is 2.20. The molecule has 3 N–H and O–H groups in total. The SMILES string of the molecule is CCc1ccc(C(=O)Nc2sccc2C(=O)NC2CCNCC2)cc1. The van der Waals surface area contributed by atoms with Crippen molar-refractivity contribution < 1.29 is 9.59 Å². The van der Waals surface area contributed by atoms with Crippen molar-refractivity contribution in [2.75, 3.05) is 18.4 Å². The number of hydrogen-bond acceptors (Lipinski definition) is 4. The molecule has 1 aliphatic heterocycles. The van der Waals surface area contributed by atoms with Crippen molar-refractivity contribution in [1.29, 1.82) is 0 Å². The lowest BCUT2D eigenvalue weighted by Crippen LogP contribution is -2.42. The molecule has 0 aliphatic carbocycles. The van der Waals surface area contributed by atoms with Gasteiger partial charge < -0.3 is 16.0 Å². The molecule has 0 spiro atoms. The molecular weight excluding hydrogens is 334 g/mol. The van der Waals surface area contributed by atoms with Crippen molar-refractivity contribution in [3.05, 3.63) is 52.4 Å². The van der Waals surface area contributed by atoms with Crippen LogP contribution in [0.5, 0.6) is 0 Å². The first-order valence-corrected chi connectivity index (χ1v) is 9.54. The molecule has 132 valence electrons. The number of carbonyl (C=O) groups is 2. The van der Waals surface area contributed by atoms with Crippen LogP contribution in [0.25, 0.3) is 0 Å². The minimum Gasteiger partial charge on any atom is -0.349 e. The Morgan fingerprint density at radius 1 is 1.12 bits per heavy atom. The van der Waals surface area contributed by atoms with E-state index < -0.39 is 0 Å². The number of hydrogen-bond donors (Lipinski definition) is 3. The Kier molecular flexibility index (Phi) is 5.83. The normalized spacial score (nSPS) is 14.9. The molecule has 0 bridgehead atoms. The molecule has 25 heavy (non-hydrogen) atoms. The molecule has 2 amide bonds. The monoisotopic (exact) mass is 357 g/mol. The minimum atomic E-state index is -0.194. The highest BCUT2D eigenvalue weighted by Crippen LogP contribution is 2.24. The van der Waals surface area contributed by atoms with E-state index in [0.717, 1.165) is 32.4 Å². The maximum absolute atomic E-state index is 12.5. The molecule has 1 fully saturated rings. The lowest BCUT2D eigenvalue weighted by atomic mass is 10.1. The van der Waals surface area contributed by atoms with Gasteiger partial charge in [0.15, 0.2) is 0 Å². The number of rotatable bonds is 5. The third-order valence-electron chi connectivity index (χ3n) is 4.44. The summed E-state index contributed by atoms with van der Waals surface area (Å²) in [6.45, 7) is 3.92. The summed E-state index contributed by atoms with van der Waals surface area (Å²) >= 11 is 1.37. The Morgan fingerprint density at radius 2 is 1.84 bits per heavy atom. The number of anilines is 1. The summed E-state index contributed by atoms with van der Waals surface area (Å²) in [7, 11) is 0. The molecule has 0 unspecified atom stereocenters. The van der Waals surface area contributed by atoms with Gasteiger partial charge in [0.05, 0.1) is 5.56 Å². The second-order valence-electron chi connectivity index (χ2n) is 6.17. The fourth-order valence-corrected chi connectivity index (χ4v) is 3.66. The second-order valence-corrected chi connectivity index (χ2v) is 7.08. The van der Waals surface area contributed by atoms with Gasteiger partial charge >= 0.3 is 0 Å². The van der Waals surface area contributed by atoms with Crippen LogP contribution in [0.1, 0.15) is 46.0 Å². The molecule has 0 radical (unpaired) electrons. The third kappa shape index (κ3) is 4.46. The number of amides is 2. The van der Waals surface area contributed by atoms with E-state index in [1.54, 1.807) is 6.07 Å². The van der Waals surface area contributed by atoms with Crippen LogP contribution in [0.4, 0.5) is 5.00 Å². The summed E-state index contributed by atoms with van der Waals surface area (Å²) in [5, 5.41) is 11.6. The van der Waals surface area contributed by atoms with Crippen molar-refractivity contribution in [3.63, 3.8) is 0 Å². The molecule has 1 aliphatic rings. The number of nitrogens with one attached hydrogen (secondary N) is 3. The third-order valence-corrected chi connectivity index (χ3v) is 5.27. The topological polar surface area (TPSA) is 70.2 Å². The molecule has 1 saturated heterocycles. The molecule has 2 heterocycles. The highest BCUT2D eigenvalue weighted by atomic mass is 32.1. The quantitative estimate of drug-likeness (QED) is 0.770. The van der Waals surface area contributed by atoms with Crippen molar-refractivity contribution in [2.24, 2.45) is 0 Å². The smallest absolute Gasteiger partial charge is 0.256 e. The summed E-state index contributed by atoms with van der Waals surface area (Å²) < 4.78 is 0. The van der Waals surface area contributed by atoms with Crippen molar-refractivity contribution in [2.45, 2.75) is 32.2 Å². The lowest BCUT2D eigenvalue weighted by molar-refractivity contribution is 0.0931. The van der Waals surface area contributed by atoms with Gasteiger partial charge in [0.1, 0.15) is 5.00 Å². The van der Waals surface area contributed by atoms with Gasteiger partial charge in [-0.1, -0.05) is 19.1 Å². The van der Waals surface area contributed by atoms with Gasteiger partial charge in [-0.15, -0.1) is 11.3 Å². The zero-order valence-corrected chi connectivity index (χ0v) is 15.1. The van der Waals surface area contributed by atoms with E-state index >= 15 is 0 Å². The van der Waals surface area contributed by atoms with Crippen LogP contribution in [0.15, 0.2) is 35.7 Å². The fourth-order valence-electron chi connectivity index (χ4n) is 2.88. The van der Waals surface area contributed by atoms with Gasteiger partial charge in [0.2, 0.25) is 0 Å². The van der Waals surface area contributed by atoms with E-state index in [-0.39, 0.29) is 17.9 Å². The molecule has 1 aromatic carbocycles. The van der Waals surface area contributed by atoms with Crippen LogP contribution in [-0.2, 0) is 6.42 Å². The van der Waals surface area contributed by atoms with Crippen LogP contribution in [0, 0.1) is 0 Å². The summed E-state index contributed by atoms with van der Waals surface area (Å²) in [6, 6.07) is 9.49. The van der Waals surface area contributed by atoms with Gasteiger partial charge in [-0.2, -0.15) is 0 Å². The summed E-state index contributed by atoms with van der Waals surface area (Å²) in [6.07, 6.45) is 2.80. The van der Waals surface area contributed by atoms with Gasteiger partial charge in [-0.25, -0.2) is 0 Å². The predicted molar refractivity (Wildman–Crippen MR) is 101 cm³/mol. The second kappa shape index (κ2) is 8.27. The molecular formula is C19H23N3O2S. The van der Waals surface area contributed by atoms with Gasteiger partial charge in [-0.3, -0.25) is 9.59 Å².